The van der Waals surface area contributed by atoms with Crippen molar-refractivity contribution in [2.45, 2.75) is 26.0 Å². The number of benzene rings is 3. The van der Waals surface area contributed by atoms with E-state index in [2.05, 4.69) is 10.1 Å². The number of carbonyl (C=O) groups excluding carboxylic acids is 1. The van der Waals surface area contributed by atoms with Gasteiger partial charge in [0.05, 0.1) is 13.7 Å². The number of ether oxygens (including phenoxy) is 2. The van der Waals surface area contributed by atoms with Gasteiger partial charge in [-0.3, -0.25) is 4.79 Å². The number of likely N-dealkylation sites (N-methyl/N-ethyl adjacent to an activating group) is 1. The Kier molecular flexibility index (Phi) is 6.35. The van der Waals surface area contributed by atoms with Crippen LogP contribution < -0.4 is 9.47 Å². The highest BCUT2D eigenvalue weighted by Crippen LogP contribution is 2.27. The van der Waals surface area contributed by atoms with Crippen molar-refractivity contribution >= 4 is 16.7 Å². The highest BCUT2D eigenvalue weighted by molar-refractivity contribution is 5.89. The molecule has 3 aromatic carbocycles. The third kappa shape index (κ3) is 4.56. The highest BCUT2D eigenvalue weighted by Gasteiger charge is 2.24. The Bertz CT molecular complexity index is 1220. The van der Waals surface area contributed by atoms with E-state index >= 15 is 0 Å². The molecule has 0 N–H and O–H groups in total. The molecular formula is C25H25N3O4. The van der Waals surface area contributed by atoms with E-state index in [0.29, 0.717) is 29.6 Å². The van der Waals surface area contributed by atoms with Gasteiger partial charge in [0, 0.05) is 18.0 Å². The van der Waals surface area contributed by atoms with Gasteiger partial charge >= 0.3 is 0 Å². The summed E-state index contributed by atoms with van der Waals surface area (Å²) in [5.41, 5.74) is 0.777. The second kappa shape index (κ2) is 9.51. The van der Waals surface area contributed by atoms with Crippen LogP contribution in [-0.2, 0) is 11.3 Å². The van der Waals surface area contributed by atoms with Gasteiger partial charge in [-0.05, 0) is 30.0 Å². The lowest BCUT2D eigenvalue weighted by Crippen LogP contribution is -2.39. The lowest BCUT2D eigenvalue weighted by Gasteiger charge is -2.23. The number of methoxy groups -OCH3 is 1. The number of hydrogen-bond donors (Lipinski definition) is 0. The minimum absolute atomic E-state index is 0.151. The van der Waals surface area contributed by atoms with E-state index in [1.165, 1.54) is 0 Å². The average molecular weight is 431 g/mol. The first kappa shape index (κ1) is 21.4. The molecule has 4 aromatic rings. The van der Waals surface area contributed by atoms with Crippen molar-refractivity contribution in [2.75, 3.05) is 14.2 Å². The molecule has 7 nitrogen and oxygen atoms in total. The van der Waals surface area contributed by atoms with E-state index in [9.17, 15) is 4.79 Å². The van der Waals surface area contributed by atoms with Crippen LogP contribution in [-0.4, -0.2) is 41.2 Å². The second-order valence-electron chi connectivity index (χ2n) is 7.43. The molecule has 0 fully saturated rings. The Morgan fingerprint density at radius 1 is 1.09 bits per heavy atom. The van der Waals surface area contributed by atoms with Gasteiger partial charge < -0.3 is 18.9 Å². The monoisotopic (exact) mass is 431 g/mol. The maximum Gasteiger partial charge on any atom is 0.263 e. The SMILES string of the molecule is CC[C@@H](Oc1cccc2ccccc12)C(=O)N(C)Cc1nc(-c2cccc(OC)c2)no1. The zero-order valence-electron chi connectivity index (χ0n) is 18.3. The summed E-state index contributed by atoms with van der Waals surface area (Å²) in [6.07, 6.45) is -0.0859. The van der Waals surface area contributed by atoms with Crippen LogP contribution in [0.15, 0.2) is 71.3 Å². The molecule has 0 aliphatic carbocycles. The van der Waals surface area contributed by atoms with Crippen LogP contribution in [0.25, 0.3) is 22.2 Å². The van der Waals surface area contributed by atoms with Crippen LogP contribution >= 0.6 is 0 Å². The predicted molar refractivity (Wildman–Crippen MR) is 121 cm³/mol. The minimum Gasteiger partial charge on any atom is -0.497 e. The van der Waals surface area contributed by atoms with E-state index in [0.717, 1.165) is 16.3 Å². The van der Waals surface area contributed by atoms with Gasteiger partial charge in [-0.25, -0.2) is 0 Å². The summed E-state index contributed by atoms with van der Waals surface area (Å²) in [7, 11) is 3.30. The topological polar surface area (TPSA) is 77.7 Å². The number of nitrogens with zero attached hydrogens (tertiary/aromatic N) is 3. The van der Waals surface area contributed by atoms with Gasteiger partial charge in [-0.15, -0.1) is 0 Å². The number of rotatable bonds is 8. The number of fused-ring (bicyclic) bond motifs is 1. The van der Waals surface area contributed by atoms with Gasteiger partial charge in [0.15, 0.2) is 6.10 Å². The molecule has 1 atom stereocenters. The van der Waals surface area contributed by atoms with Gasteiger partial charge in [0.25, 0.3) is 5.91 Å². The normalized spacial score (nSPS) is 11.8. The van der Waals surface area contributed by atoms with Gasteiger partial charge in [0.2, 0.25) is 11.7 Å². The molecule has 0 unspecified atom stereocenters. The Hall–Kier alpha value is -3.87. The molecule has 1 amide bonds. The van der Waals surface area contributed by atoms with Gasteiger partial charge in [-0.1, -0.05) is 60.6 Å². The van der Waals surface area contributed by atoms with Crippen molar-refractivity contribution < 1.29 is 18.8 Å². The Balaban J connectivity index is 1.46. The molecule has 1 heterocycles. The maximum atomic E-state index is 13.1. The first-order valence-corrected chi connectivity index (χ1v) is 10.5. The highest BCUT2D eigenvalue weighted by atomic mass is 16.5. The van der Waals surface area contributed by atoms with Crippen molar-refractivity contribution in [3.63, 3.8) is 0 Å². The van der Waals surface area contributed by atoms with Crippen LogP contribution in [0.5, 0.6) is 11.5 Å². The van der Waals surface area contributed by atoms with Crippen LogP contribution in [0.2, 0.25) is 0 Å². The van der Waals surface area contributed by atoms with E-state index in [1.54, 1.807) is 19.1 Å². The van der Waals surface area contributed by atoms with E-state index in [4.69, 9.17) is 14.0 Å². The summed E-state index contributed by atoms with van der Waals surface area (Å²) in [6, 6.07) is 21.2. The smallest absolute Gasteiger partial charge is 0.263 e. The van der Waals surface area contributed by atoms with Crippen molar-refractivity contribution in [3.8, 4) is 22.9 Å². The van der Waals surface area contributed by atoms with Crippen LogP contribution in [0.1, 0.15) is 19.2 Å². The number of amides is 1. The zero-order chi connectivity index (χ0) is 22.5. The van der Waals surface area contributed by atoms with E-state index < -0.39 is 6.10 Å². The van der Waals surface area contributed by atoms with Crippen LogP contribution in [0.3, 0.4) is 0 Å². The summed E-state index contributed by atoms with van der Waals surface area (Å²) >= 11 is 0. The molecule has 0 aliphatic rings. The summed E-state index contributed by atoms with van der Waals surface area (Å²) in [6.45, 7) is 2.11. The quantitative estimate of drug-likeness (QED) is 0.402. The zero-order valence-corrected chi connectivity index (χ0v) is 18.3. The van der Waals surface area contributed by atoms with Crippen LogP contribution in [0, 0.1) is 0 Å². The number of aromatic nitrogens is 2. The van der Waals surface area contributed by atoms with Crippen molar-refractivity contribution in [2.24, 2.45) is 0 Å². The standard InChI is InChI=1S/C25H25N3O4/c1-4-21(31-22-14-8-10-17-9-5-6-13-20(17)22)25(29)28(2)16-23-26-24(27-32-23)18-11-7-12-19(15-18)30-3/h5-15,21H,4,16H2,1-3H3/t21-/m1/s1. The Labute approximate surface area is 186 Å². The maximum absolute atomic E-state index is 13.1. The lowest BCUT2D eigenvalue weighted by molar-refractivity contribution is -0.138. The molecule has 4 rings (SSSR count). The van der Waals surface area contributed by atoms with E-state index in [-0.39, 0.29) is 12.5 Å². The van der Waals surface area contributed by atoms with Crippen molar-refractivity contribution in [3.05, 3.63) is 72.6 Å². The second-order valence-corrected chi connectivity index (χ2v) is 7.43. The fraction of sp³-hybridized carbons (Fsp3) is 0.240. The summed E-state index contributed by atoms with van der Waals surface area (Å²) in [5.74, 6) is 2.03. The van der Waals surface area contributed by atoms with Crippen LogP contribution in [0.4, 0.5) is 0 Å². The first-order chi connectivity index (χ1) is 15.6. The van der Waals surface area contributed by atoms with Crippen molar-refractivity contribution in [1.29, 1.82) is 0 Å². The molecule has 164 valence electrons. The third-order valence-electron chi connectivity index (χ3n) is 5.21. The molecule has 0 saturated heterocycles. The predicted octanol–water partition coefficient (Wildman–Crippen LogP) is 4.71. The average Bonchev–Trinajstić information content (AvgIpc) is 3.30. The van der Waals surface area contributed by atoms with Gasteiger partial charge in [0.1, 0.15) is 11.5 Å². The Morgan fingerprint density at radius 3 is 2.69 bits per heavy atom. The first-order valence-electron chi connectivity index (χ1n) is 10.5. The minimum atomic E-state index is -0.619. The van der Waals surface area contributed by atoms with Crippen molar-refractivity contribution in [1.82, 2.24) is 15.0 Å². The summed E-state index contributed by atoms with van der Waals surface area (Å²) < 4.78 is 16.7. The molecular weight excluding hydrogens is 406 g/mol. The summed E-state index contributed by atoms with van der Waals surface area (Å²) in [5, 5.41) is 6.07. The van der Waals surface area contributed by atoms with E-state index in [1.807, 2.05) is 73.7 Å². The fourth-order valence-corrected chi connectivity index (χ4v) is 3.49. The Morgan fingerprint density at radius 2 is 1.88 bits per heavy atom. The van der Waals surface area contributed by atoms with Gasteiger partial charge in [-0.2, -0.15) is 4.98 Å². The largest absolute Gasteiger partial charge is 0.497 e. The molecule has 0 saturated carbocycles. The number of carbonyl (C=O) groups is 1. The number of hydrogen-bond acceptors (Lipinski definition) is 6. The molecule has 0 bridgehead atoms. The third-order valence-corrected chi connectivity index (χ3v) is 5.21. The molecule has 1 aromatic heterocycles. The lowest BCUT2D eigenvalue weighted by atomic mass is 10.1. The molecule has 0 aliphatic heterocycles. The fourth-order valence-electron chi connectivity index (χ4n) is 3.49. The molecule has 32 heavy (non-hydrogen) atoms. The summed E-state index contributed by atoms with van der Waals surface area (Å²) in [4.78, 5) is 19.0. The molecule has 0 spiro atoms. The molecule has 0 radical (unpaired) electrons. The molecule has 7 heteroatoms.